The van der Waals surface area contributed by atoms with Crippen LogP contribution in [-0.4, -0.2) is 61.0 Å². The molecule has 0 bridgehead atoms. The summed E-state index contributed by atoms with van der Waals surface area (Å²) < 4.78 is 10.4. The number of carboxylic acid groups (broad SMARTS) is 1. The number of hydrogen-bond acceptors (Lipinski definition) is 6. The lowest BCUT2D eigenvalue weighted by Crippen LogP contribution is -2.53. The number of fused-ring (bicyclic) bond motifs is 3. The van der Waals surface area contributed by atoms with Crippen molar-refractivity contribution < 1.29 is 33.8 Å². The van der Waals surface area contributed by atoms with Crippen molar-refractivity contribution in [2.75, 3.05) is 19.8 Å². The summed E-state index contributed by atoms with van der Waals surface area (Å²) in [6.45, 7) is 7.45. The predicted molar refractivity (Wildman–Crippen MR) is 150 cm³/mol. The molecule has 10 heteroatoms. The zero-order valence-electron chi connectivity index (χ0n) is 22.9. The predicted octanol–water partition coefficient (Wildman–Crippen LogP) is 4.20. The lowest BCUT2D eigenvalue weighted by Gasteiger charge is -2.24. The summed E-state index contributed by atoms with van der Waals surface area (Å²) >= 11 is 0. The molecule has 2 aromatic carbocycles. The van der Waals surface area contributed by atoms with Gasteiger partial charge in [-0.2, -0.15) is 0 Å². The Morgan fingerprint density at radius 3 is 2.12 bits per heavy atom. The number of hydrogen-bond donors (Lipinski definition) is 4. The molecule has 4 N–H and O–H groups in total. The third-order valence-corrected chi connectivity index (χ3v) is 6.70. The molecule has 3 amide bonds. The van der Waals surface area contributed by atoms with E-state index in [0.717, 1.165) is 22.3 Å². The molecular formula is C30H37N3O7. The molecule has 0 saturated carbocycles. The highest BCUT2D eigenvalue weighted by Gasteiger charge is 2.31. The first-order valence-electron chi connectivity index (χ1n) is 13.4. The van der Waals surface area contributed by atoms with E-state index in [1.54, 1.807) is 13.8 Å². The molecule has 3 rings (SSSR count). The molecule has 0 fully saturated rings. The van der Waals surface area contributed by atoms with Gasteiger partial charge in [0.15, 0.2) is 0 Å². The molecule has 40 heavy (non-hydrogen) atoms. The Balaban J connectivity index is 1.51. The van der Waals surface area contributed by atoms with Crippen molar-refractivity contribution in [3.8, 4) is 11.1 Å². The van der Waals surface area contributed by atoms with Crippen LogP contribution < -0.4 is 16.0 Å². The summed E-state index contributed by atoms with van der Waals surface area (Å²) in [4.78, 5) is 48.9. The Hall–Kier alpha value is -4.34. The maximum Gasteiger partial charge on any atom is 0.407 e. The molecule has 0 heterocycles. The summed E-state index contributed by atoms with van der Waals surface area (Å²) in [6.07, 6.45) is 1.20. The SMILES string of the molecule is C=CCOC(=O)NCCCC[C@H](NC(=O)[C@@H](NC(=O)OCC1c2ccccc2-c2ccccc21)C(C)C)C(=O)O. The number of nitrogens with one attached hydrogen (secondary N) is 3. The monoisotopic (exact) mass is 551 g/mol. The summed E-state index contributed by atoms with van der Waals surface area (Å²) in [5.41, 5.74) is 4.36. The smallest absolute Gasteiger partial charge is 0.407 e. The summed E-state index contributed by atoms with van der Waals surface area (Å²) in [7, 11) is 0. The summed E-state index contributed by atoms with van der Waals surface area (Å²) in [6, 6.07) is 13.8. The Morgan fingerprint density at radius 1 is 0.925 bits per heavy atom. The number of amides is 3. The van der Waals surface area contributed by atoms with E-state index in [9.17, 15) is 24.3 Å². The van der Waals surface area contributed by atoms with E-state index in [-0.39, 0.29) is 31.5 Å². The molecule has 0 saturated heterocycles. The maximum atomic E-state index is 13.0. The fourth-order valence-corrected chi connectivity index (χ4v) is 4.67. The first-order chi connectivity index (χ1) is 19.2. The molecule has 214 valence electrons. The van der Waals surface area contributed by atoms with Crippen LogP contribution in [-0.2, 0) is 19.1 Å². The average Bonchev–Trinajstić information content (AvgIpc) is 3.26. The van der Waals surface area contributed by atoms with E-state index in [1.807, 2.05) is 48.5 Å². The van der Waals surface area contributed by atoms with E-state index >= 15 is 0 Å². The largest absolute Gasteiger partial charge is 0.480 e. The van der Waals surface area contributed by atoms with Crippen molar-refractivity contribution in [3.63, 3.8) is 0 Å². The lowest BCUT2D eigenvalue weighted by atomic mass is 9.98. The van der Waals surface area contributed by atoms with Crippen LogP contribution in [0.1, 0.15) is 50.2 Å². The highest BCUT2D eigenvalue weighted by atomic mass is 16.6. The molecule has 10 nitrogen and oxygen atoms in total. The highest BCUT2D eigenvalue weighted by molar-refractivity contribution is 5.89. The second-order valence-electron chi connectivity index (χ2n) is 9.90. The quantitative estimate of drug-likeness (QED) is 0.204. The summed E-state index contributed by atoms with van der Waals surface area (Å²) in [5.74, 6) is -2.24. The maximum absolute atomic E-state index is 13.0. The van der Waals surface area contributed by atoms with Crippen LogP contribution >= 0.6 is 0 Å². The number of benzene rings is 2. The topological polar surface area (TPSA) is 143 Å². The average molecular weight is 552 g/mol. The van der Waals surface area contributed by atoms with Crippen LogP contribution in [0.2, 0.25) is 0 Å². The van der Waals surface area contributed by atoms with Crippen molar-refractivity contribution >= 4 is 24.1 Å². The van der Waals surface area contributed by atoms with Crippen molar-refractivity contribution in [1.82, 2.24) is 16.0 Å². The van der Waals surface area contributed by atoms with Gasteiger partial charge in [-0.3, -0.25) is 4.79 Å². The van der Waals surface area contributed by atoms with Gasteiger partial charge in [-0.15, -0.1) is 0 Å². The van der Waals surface area contributed by atoms with Crippen LogP contribution in [0.3, 0.4) is 0 Å². The minimum atomic E-state index is -1.18. The van der Waals surface area contributed by atoms with Gasteiger partial charge in [-0.05, 0) is 47.4 Å². The number of aliphatic carboxylic acids is 1. The van der Waals surface area contributed by atoms with E-state index in [0.29, 0.717) is 19.4 Å². The third-order valence-electron chi connectivity index (χ3n) is 6.70. The lowest BCUT2D eigenvalue weighted by molar-refractivity contribution is -0.142. The van der Waals surface area contributed by atoms with Crippen LogP contribution in [0, 0.1) is 5.92 Å². The Labute approximate surface area is 234 Å². The molecule has 0 aliphatic heterocycles. The van der Waals surface area contributed by atoms with Gasteiger partial charge in [0.1, 0.15) is 25.3 Å². The molecule has 0 aromatic heterocycles. The minimum absolute atomic E-state index is 0.0964. The van der Waals surface area contributed by atoms with Crippen molar-refractivity contribution in [2.45, 2.75) is 51.1 Å². The molecule has 1 aliphatic rings. The van der Waals surface area contributed by atoms with E-state index in [1.165, 1.54) is 6.08 Å². The second kappa shape index (κ2) is 14.7. The first kappa shape index (κ1) is 30.2. The van der Waals surface area contributed by atoms with Gasteiger partial charge < -0.3 is 30.5 Å². The number of carbonyl (C=O) groups excluding carboxylic acids is 3. The molecular weight excluding hydrogens is 514 g/mol. The Kier molecular flexibility index (Phi) is 11.1. The van der Waals surface area contributed by atoms with E-state index in [2.05, 4.69) is 22.5 Å². The van der Waals surface area contributed by atoms with Gasteiger partial charge in [0, 0.05) is 12.5 Å². The van der Waals surface area contributed by atoms with Crippen LogP contribution in [0.5, 0.6) is 0 Å². The number of ether oxygens (including phenoxy) is 2. The second-order valence-corrected chi connectivity index (χ2v) is 9.90. The molecule has 2 atom stereocenters. The minimum Gasteiger partial charge on any atom is -0.480 e. The van der Waals surface area contributed by atoms with E-state index < -0.39 is 36.1 Å². The van der Waals surface area contributed by atoms with Gasteiger partial charge in [-0.1, -0.05) is 75.0 Å². The van der Waals surface area contributed by atoms with Crippen molar-refractivity contribution in [1.29, 1.82) is 0 Å². The fourth-order valence-electron chi connectivity index (χ4n) is 4.67. The molecule has 1 aliphatic carbocycles. The van der Waals surface area contributed by atoms with Crippen molar-refractivity contribution in [3.05, 3.63) is 72.3 Å². The fraction of sp³-hybridized carbons (Fsp3) is 0.400. The first-order valence-corrected chi connectivity index (χ1v) is 13.4. The molecule has 0 radical (unpaired) electrons. The van der Waals surface area contributed by atoms with E-state index in [4.69, 9.17) is 9.47 Å². The number of carbonyl (C=O) groups is 4. The molecule has 0 spiro atoms. The standard InChI is InChI=1S/C30H37N3O7/c1-4-17-39-29(37)31-16-10-9-15-25(28(35)36)32-27(34)26(19(2)3)33-30(38)40-18-24-22-13-7-5-11-20(22)21-12-6-8-14-23(21)24/h4-8,11-14,19,24-26H,1,9-10,15-18H2,2-3H3,(H,31,37)(H,32,34)(H,33,38)(H,35,36)/t25-,26-/m0/s1. The number of unbranched alkanes of at least 4 members (excludes halogenated alkanes) is 1. The zero-order valence-corrected chi connectivity index (χ0v) is 22.9. The number of carboxylic acids is 1. The number of alkyl carbamates (subject to hydrolysis) is 2. The third kappa shape index (κ3) is 8.08. The normalized spacial score (nSPS) is 13.4. The summed E-state index contributed by atoms with van der Waals surface area (Å²) in [5, 5.41) is 17.3. The Bertz CT molecular complexity index is 1170. The zero-order chi connectivity index (χ0) is 29.1. The highest BCUT2D eigenvalue weighted by Crippen LogP contribution is 2.44. The van der Waals surface area contributed by atoms with Crippen molar-refractivity contribution in [2.24, 2.45) is 5.92 Å². The number of rotatable bonds is 14. The van der Waals surface area contributed by atoms with Gasteiger partial charge in [-0.25, -0.2) is 14.4 Å². The Morgan fingerprint density at radius 2 is 1.55 bits per heavy atom. The van der Waals surface area contributed by atoms with Crippen LogP contribution in [0.4, 0.5) is 9.59 Å². The van der Waals surface area contributed by atoms with Crippen LogP contribution in [0.15, 0.2) is 61.2 Å². The van der Waals surface area contributed by atoms with Gasteiger partial charge in [0.25, 0.3) is 0 Å². The van der Waals surface area contributed by atoms with Crippen LogP contribution in [0.25, 0.3) is 11.1 Å². The van der Waals surface area contributed by atoms with Gasteiger partial charge >= 0.3 is 18.2 Å². The molecule has 2 aromatic rings. The van der Waals surface area contributed by atoms with Gasteiger partial charge in [0.05, 0.1) is 0 Å². The van der Waals surface area contributed by atoms with Gasteiger partial charge in [0.2, 0.25) is 5.91 Å². The molecule has 0 unspecified atom stereocenters.